The highest BCUT2D eigenvalue weighted by atomic mass is 32.2. The minimum Gasteiger partial charge on any atom is -0.497 e. The van der Waals surface area contributed by atoms with Crippen molar-refractivity contribution in [2.45, 2.75) is 18.7 Å². The van der Waals surface area contributed by atoms with Gasteiger partial charge in [-0.25, -0.2) is 13.4 Å². The minimum atomic E-state index is -3.80. The molecule has 0 saturated carbocycles. The van der Waals surface area contributed by atoms with Gasteiger partial charge in [0.2, 0.25) is 0 Å². The third-order valence-electron chi connectivity index (χ3n) is 6.92. The van der Waals surface area contributed by atoms with Gasteiger partial charge >= 0.3 is 0 Å². The molecule has 1 aliphatic rings. The second-order valence-corrected chi connectivity index (χ2v) is 12.6. The van der Waals surface area contributed by atoms with Gasteiger partial charge in [-0.1, -0.05) is 23.5 Å². The number of fused-ring (bicyclic) bond motifs is 1. The van der Waals surface area contributed by atoms with Crippen molar-refractivity contribution in [1.29, 1.82) is 0 Å². The molecule has 3 aromatic carbocycles. The zero-order chi connectivity index (χ0) is 28.3. The summed E-state index contributed by atoms with van der Waals surface area (Å²) in [4.78, 5) is 22.5. The van der Waals surface area contributed by atoms with E-state index in [1.54, 1.807) is 41.7 Å². The van der Waals surface area contributed by atoms with Crippen LogP contribution < -0.4 is 19.7 Å². The highest BCUT2D eigenvalue weighted by Crippen LogP contribution is 2.32. The van der Waals surface area contributed by atoms with Gasteiger partial charge in [-0.3, -0.25) is 14.4 Å². The Hall–Kier alpha value is -3.67. The van der Waals surface area contributed by atoms with Gasteiger partial charge < -0.3 is 15.0 Å². The van der Waals surface area contributed by atoms with Crippen LogP contribution in [0, 0.1) is 13.8 Å². The number of benzene rings is 3. The van der Waals surface area contributed by atoms with E-state index < -0.39 is 10.0 Å². The predicted octanol–water partition coefficient (Wildman–Crippen LogP) is 4.27. The fraction of sp³-hybridized carbons (Fsp3) is 0.310. The van der Waals surface area contributed by atoms with Crippen molar-refractivity contribution in [3.8, 4) is 5.75 Å². The Morgan fingerprint density at radius 1 is 1.02 bits per heavy atom. The number of nitrogens with one attached hydrogen (secondary N) is 2. The van der Waals surface area contributed by atoms with Gasteiger partial charge in [0.1, 0.15) is 5.75 Å². The maximum atomic E-state index is 12.8. The highest BCUT2D eigenvalue weighted by molar-refractivity contribution is 7.92. The number of carbonyl (C=O) groups excluding carboxylic acids is 1. The summed E-state index contributed by atoms with van der Waals surface area (Å²) in [5.74, 6) is 0.321. The minimum absolute atomic E-state index is 0.108. The summed E-state index contributed by atoms with van der Waals surface area (Å²) in [6.45, 7) is 9.04. The number of anilines is 2. The number of piperazine rings is 1. The number of aromatic nitrogens is 1. The van der Waals surface area contributed by atoms with Gasteiger partial charge in [-0.15, -0.1) is 0 Å². The summed E-state index contributed by atoms with van der Waals surface area (Å²) in [5, 5.41) is 4.03. The molecule has 0 unspecified atom stereocenters. The van der Waals surface area contributed by atoms with Crippen LogP contribution in [0.4, 0.5) is 10.8 Å². The third-order valence-corrected chi connectivity index (χ3v) is 9.38. The van der Waals surface area contributed by atoms with Crippen molar-refractivity contribution in [3.63, 3.8) is 0 Å². The summed E-state index contributed by atoms with van der Waals surface area (Å²) in [6.07, 6.45) is 0. The number of nitrogens with zero attached hydrogens (tertiary/aromatic N) is 3. The van der Waals surface area contributed by atoms with E-state index in [4.69, 9.17) is 9.72 Å². The van der Waals surface area contributed by atoms with Gasteiger partial charge in [-0.2, -0.15) is 0 Å². The second kappa shape index (κ2) is 11.8. The number of amides is 1. The molecule has 1 fully saturated rings. The van der Waals surface area contributed by atoms with E-state index in [1.165, 1.54) is 41.1 Å². The van der Waals surface area contributed by atoms with Crippen LogP contribution in [-0.4, -0.2) is 70.6 Å². The number of rotatable bonds is 9. The predicted molar refractivity (Wildman–Crippen MR) is 160 cm³/mol. The van der Waals surface area contributed by atoms with Crippen LogP contribution in [0.15, 0.2) is 65.6 Å². The van der Waals surface area contributed by atoms with Crippen LogP contribution in [0.2, 0.25) is 0 Å². The first-order chi connectivity index (χ1) is 19.2. The first kappa shape index (κ1) is 27.9. The third kappa shape index (κ3) is 6.38. The van der Waals surface area contributed by atoms with E-state index in [-0.39, 0.29) is 10.8 Å². The van der Waals surface area contributed by atoms with E-state index in [2.05, 4.69) is 45.8 Å². The summed E-state index contributed by atoms with van der Waals surface area (Å²) >= 11 is 1.75. The van der Waals surface area contributed by atoms with E-state index in [1.807, 2.05) is 0 Å². The zero-order valence-corrected chi connectivity index (χ0v) is 24.4. The molecule has 1 aliphatic heterocycles. The average molecular weight is 580 g/mol. The number of hydrogen-bond donors (Lipinski definition) is 2. The van der Waals surface area contributed by atoms with Crippen LogP contribution in [0.5, 0.6) is 5.75 Å². The zero-order valence-electron chi connectivity index (χ0n) is 22.8. The van der Waals surface area contributed by atoms with Gasteiger partial charge in [0.15, 0.2) is 5.13 Å². The summed E-state index contributed by atoms with van der Waals surface area (Å²) < 4.78 is 34.4. The summed E-state index contributed by atoms with van der Waals surface area (Å²) in [7, 11) is -2.28. The van der Waals surface area contributed by atoms with Crippen LogP contribution in [0.25, 0.3) is 10.2 Å². The van der Waals surface area contributed by atoms with Crippen LogP contribution in [0.3, 0.4) is 0 Å². The Kier molecular flexibility index (Phi) is 8.24. The summed E-state index contributed by atoms with van der Waals surface area (Å²) in [6, 6.07) is 17.0. The van der Waals surface area contributed by atoms with Crippen molar-refractivity contribution >= 4 is 48.3 Å². The van der Waals surface area contributed by atoms with Gasteiger partial charge in [0, 0.05) is 50.5 Å². The standard InChI is InChI=1S/C29H33N5O4S2/c1-20-17-21(2)27-26(18-20)39-29(31-27)34-15-13-33(14-16-34)12-11-30-28(35)22-5-4-6-23(19-22)32-40(36,37)25-9-7-24(38-3)8-10-25/h4-10,17-19,32H,11-16H2,1-3H3,(H,30,35). The largest absolute Gasteiger partial charge is 0.497 e. The number of hydrogen-bond acceptors (Lipinski definition) is 8. The molecule has 0 aliphatic carbocycles. The lowest BCUT2D eigenvalue weighted by Crippen LogP contribution is -2.48. The molecule has 4 aromatic rings. The molecule has 1 amide bonds. The molecular formula is C29H33N5O4S2. The van der Waals surface area contributed by atoms with E-state index in [0.29, 0.717) is 23.5 Å². The normalized spacial score (nSPS) is 14.3. The lowest BCUT2D eigenvalue weighted by Gasteiger charge is -2.34. The number of thiazole rings is 1. The Morgan fingerprint density at radius 3 is 2.50 bits per heavy atom. The maximum absolute atomic E-state index is 12.8. The van der Waals surface area contributed by atoms with Gasteiger partial charge in [0.25, 0.3) is 15.9 Å². The topological polar surface area (TPSA) is 104 Å². The number of ether oxygens (including phenoxy) is 1. The molecule has 0 spiro atoms. The van der Waals surface area contributed by atoms with Gasteiger partial charge in [-0.05, 0) is 73.5 Å². The molecule has 2 heterocycles. The maximum Gasteiger partial charge on any atom is 0.261 e. The molecule has 1 saturated heterocycles. The fourth-order valence-corrected chi connectivity index (χ4v) is 7.02. The summed E-state index contributed by atoms with van der Waals surface area (Å²) in [5.41, 5.74) is 4.27. The van der Waals surface area contributed by atoms with Crippen molar-refractivity contribution in [3.05, 3.63) is 77.4 Å². The molecule has 9 nitrogen and oxygen atoms in total. The van der Waals surface area contributed by atoms with E-state index in [0.717, 1.165) is 43.4 Å². The molecule has 2 N–H and O–H groups in total. The Balaban J connectivity index is 1.11. The number of aryl methyl sites for hydroxylation is 2. The lowest BCUT2D eigenvalue weighted by atomic mass is 10.1. The number of sulfonamides is 1. The number of methoxy groups -OCH3 is 1. The van der Waals surface area contributed by atoms with Crippen molar-refractivity contribution in [2.75, 3.05) is 56.0 Å². The molecular weight excluding hydrogens is 546 g/mol. The first-order valence-electron chi connectivity index (χ1n) is 13.1. The molecule has 210 valence electrons. The molecule has 5 rings (SSSR count). The van der Waals surface area contributed by atoms with Crippen LogP contribution >= 0.6 is 11.3 Å². The number of carbonyl (C=O) groups is 1. The Labute approximate surface area is 238 Å². The molecule has 0 atom stereocenters. The smallest absolute Gasteiger partial charge is 0.261 e. The van der Waals surface area contributed by atoms with Crippen molar-refractivity contribution < 1.29 is 17.9 Å². The quantitative estimate of drug-likeness (QED) is 0.305. The van der Waals surface area contributed by atoms with Gasteiger partial charge in [0.05, 0.1) is 22.2 Å². The van der Waals surface area contributed by atoms with Crippen molar-refractivity contribution in [1.82, 2.24) is 15.2 Å². The SMILES string of the molecule is COc1ccc(S(=O)(=O)Nc2cccc(C(=O)NCCN3CCN(c4nc5c(C)cc(C)cc5s4)CC3)c2)cc1. The monoisotopic (exact) mass is 579 g/mol. The Morgan fingerprint density at radius 2 is 1.77 bits per heavy atom. The van der Waals surface area contributed by atoms with E-state index in [9.17, 15) is 13.2 Å². The van der Waals surface area contributed by atoms with E-state index >= 15 is 0 Å². The first-order valence-corrected chi connectivity index (χ1v) is 15.4. The average Bonchev–Trinajstić information content (AvgIpc) is 3.38. The Bertz CT molecular complexity index is 1610. The molecule has 1 aromatic heterocycles. The molecule has 40 heavy (non-hydrogen) atoms. The van der Waals surface area contributed by atoms with Crippen LogP contribution in [0.1, 0.15) is 21.5 Å². The second-order valence-electron chi connectivity index (χ2n) is 9.87. The molecule has 0 radical (unpaired) electrons. The lowest BCUT2D eigenvalue weighted by molar-refractivity contribution is 0.0948. The van der Waals surface area contributed by atoms with Crippen LogP contribution in [-0.2, 0) is 10.0 Å². The molecule has 11 heteroatoms. The van der Waals surface area contributed by atoms with Crippen molar-refractivity contribution in [2.24, 2.45) is 0 Å². The molecule has 0 bridgehead atoms. The highest BCUT2D eigenvalue weighted by Gasteiger charge is 2.21. The fourth-order valence-electron chi connectivity index (χ4n) is 4.78.